The van der Waals surface area contributed by atoms with Crippen LogP contribution in [0.3, 0.4) is 0 Å². The van der Waals surface area contributed by atoms with Crippen LogP contribution in [-0.4, -0.2) is 21.5 Å². The van der Waals surface area contributed by atoms with Crippen LogP contribution in [0.15, 0.2) is 30.6 Å². The molecule has 1 aromatic carbocycles. The summed E-state index contributed by atoms with van der Waals surface area (Å²) in [5.74, 6) is 0. The van der Waals surface area contributed by atoms with Crippen LogP contribution >= 0.6 is 11.6 Å². The van der Waals surface area contributed by atoms with Gasteiger partial charge in [0.25, 0.3) is 0 Å². The van der Waals surface area contributed by atoms with Crippen molar-refractivity contribution in [2.75, 3.05) is 11.9 Å². The maximum Gasteiger partial charge on any atom is 0.418 e. The van der Waals surface area contributed by atoms with Crippen LogP contribution in [0.1, 0.15) is 11.1 Å². The van der Waals surface area contributed by atoms with E-state index >= 15 is 0 Å². The predicted molar refractivity (Wildman–Crippen MR) is 73.1 cm³/mol. The molecule has 1 heterocycles. The van der Waals surface area contributed by atoms with Crippen molar-refractivity contribution in [1.82, 2.24) is 9.78 Å². The van der Waals surface area contributed by atoms with Gasteiger partial charge in [-0.1, -0.05) is 11.6 Å². The standard InChI is InChI=1S/C13H13ClF3N3O/c14-10-1-2-12(11(5-10)13(15,16)17)18-6-9-7-19-20(8-9)3-4-21/h1-2,5,7-8,18,21H,3-4,6H2. The fourth-order valence-corrected chi connectivity index (χ4v) is 2.00. The summed E-state index contributed by atoms with van der Waals surface area (Å²) in [7, 11) is 0. The van der Waals surface area contributed by atoms with Crippen LogP contribution in [0.5, 0.6) is 0 Å². The molecule has 0 saturated carbocycles. The molecule has 2 rings (SSSR count). The van der Waals surface area contributed by atoms with Gasteiger partial charge in [-0.2, -0.15) is 18.3 Å². The first kappa shape index (κ1) is 15.7. The van der Waals surface area contributed by atoms with Gasteiger partial charge in [0.05, 0.1) is 24.9 Å². The smallest absolute Gasteiger partial charge is 0.394 e. The second kappa shape index (κ2) is 6.36. The topological polar surface area (TPSA) is 50.1 Å². The monoisotopic (exact) mass is 319 g/mol. The van der Waals surface area contributed by atoms with Gasteiger partial charge >= 0.3 is 6.18 Å². The van der Waals surface area contributed by atoms with Crippen molar-refractivity contribution in [1.29, 1.82) is 0 Å². The molecule has 0 atom stereocenters. The molecule has 114 valence electrons. The summed E-state index contributed by atoms with van der Waals surface area (Å²) in [6.45, 7) is 0.481. The van der Waals surface area contributed by atoms with Crippen LogP contribution in [0, 0.1) is 0 Å². The third-order valence-electron chi connectivity index (χ3n) is 2.79. The maximum atomic E-state index is 12.9. The number of anilines is 1. The number of rotatable bonds is 5. The highest BCUT2D eigenvalue weighted by atomic mass is 35.5. The minimum Gasteiger partial charge on any atom is -0.394 e. The first-order chi connectivity index (χ1) is 9.90. The Morgan fingerprint density at radius 3 is 2.76 bits per heavy atom. The van der Waals surface area contributed by atoms with Crippen LogP contribution in [0.4, 0.5) is 18.9 Å². The molecule has 1 aromatic heterocycles. The average molecular weight is 320 g/mol. The molecule has 0 spiro atoms. The van der Waals surface area contributed by atoms with Crippen LogP contribution in [-0.2, 0) is 19.3 Å². The zero-order chi connectivity index (χ0) is 15.5. The fraction of sp³-hybridized carbons (Fsp3) is 0.308. The molecule has 2 aromatic rings. The summed E-state index contributed by atoms with van der Waals surface area (Å²) in [5, 5.41) is 15.5. The number of hydrogen-bond acceptors (Lipinski definition) is 3. The number of benzene rings is 1. The summed E-state index contributed by atoms with van der Waals surface area (Å²) in [5.41, 5.74) is -0.133. The van der Waals surface area contributed by atoms with Crippen molar-refractivity contribution >= 4 is 17.3 Å². The molecule has 0 aliphatic heterocycles. The molecule has 0 bridgehead atoms. The van der Waals surface area contributed by atoms with Crippen LogP contribution < -0.4 is 5.32 Å². The highest BCUT2D eigenvalue weighted by Crippen LogP contribution is 2.36. The third-order valence-corrected chi connectivity index (χ3v) is 3.02. The number of halogens is 4. The molecule has 0 fully saturated rings. The summed E-state index contributed by atoms with van der Waals surface area (Å²) < 4.78 is 40.3. The van der Waals surface area contributed by atoms with E-state index in [0.717, 1.165) is 6.07 Å². The lowest BCUT2D eigenvalue weighted by Gasteiger charge is -2.14. The summed E-state index contributed by atoms with van der Waals surface area (Å²) in [4.78, 5) is 0. The van der Waals surface area contributed by atoms with Gasteiger partial charge in [-0.25, -0.2) is 0 Å². The van der Waals surface area contributed by atoms with E-state index in [9.17, 15) is 13.2 Å². The Kier molecular flexibility index (Phi) is 4.74. The Morgan fingerprint density at radius 2 is 2.10 bits per heavy atom. The van der Waals surface area contributed by atoms with Gasteiger partial charge in [-0.3, -0.25) is 4.68 Å². The number of hydrogen-bond donors (Lipinski definition) is 2. The number of alkyl halides is 3. The van der Waals surface area contributed by atoms with Gasteiger partial charge in [0, 0.05) is 29.0 Å². The van der Waals surface area contributed by atoms with E-state index in [-0.39, 0.29) is 23.9 Å². The van der Waals surface area contributed by atoms with Gasteiger partial charge < -0.3 is 10.4 Å². The first-order valence-electron chi connectivity index (χ1n) is 6.13. The average Bonchev–Trinajstić information content (AvgIpc) is 2.84. The van der Waals surface area contributed by atoms with E-state index in [2.05, 4.69) is 10.4 Å². The van der Waals surface area contributed by atoms with Crippen molar-refractivity contribution in [2.24, 2.45) is 0 Å². The van der Waals surface area contributed by atoms with Crippen LogP contribution in [0.25, 0.3) is 0 Å². The lowest BCUT2D eigenvalue weighted by atomic mass is 10.1. The van der Waals surface area contributed by atoms with E-state index in [1.807, 2.05) is 0 Å². The summed E-state index contributed by atoms with van der Waals surface area (Å²) in [6.07, 6.45) is -1.29. The molecular formula is C13H13ClF3N3O. The molecule has 4 nitrogen and oxygen atoms in total. The van der Waals surface area contributed by atoms with E-state index in [1.165, 1.54) is 23.0 Å². The van der Waals surface area contributed by atoms with Crippen LogP contribution in [0.2, 0.25) is 5.02 Å². The number of aromatic nitrogens is 2. The van der Waals surface area contributed by atoms with Crippen molar-refractivity contribution in [3.63, 3.8) is 0 Å². The van der Waals surface area contributed by atoms with Crippen molar-refractivity contribution < 1.29 is 18.3 Å². The summed E-state index contributed by atoms with van der Waals surface area (Å²) >= 11 is 5.61. The molecule has 0 amide bonds. The quantitative estimate of drug-likeness (QED) is 0.890. The fourth-order valence-electron chi connectivity index (χ4n) is 1.82. The number of aliphatic hydroxyl groups is 1. The Hall–Kier alpha value is -1.73. The molecular weight excluding hydrogens is 307 g/mol. The van der Waals surface area contributed by atoms with E-state index < -0.39 is 11.7 Å². The summed E-state index contributed by atoms with van der Waals surface area (Å²) in [6, 6.07) is 3.58. The Bertz CT molecular complexity index is 613. The Labute approximate surface area is 124 Å². The SMILES string of the molecule is OCCn1cc(CNc2ccc(Cl)cc2C(F)(F)F)cn1. The lowest BCUT2D eigenvalue weighted by Crippen LogP contribution is -2.10. The van der Waals surface area contributed by atoms with Gasteiger partial charge in [-0.15, -0.1) is 0 Å². The minimum atomic E-state index is -4.48. The molecule has 21 heavy (non-hydrogen) atoms. The van der Waals surface area contributed by atoms with E-state index in [0.29, 0.717) is 12.1 Å². The highest BCUT2D eigenvalue weighted by Gasteiger charge is 2.33. The van der Waals surface area contributed by atoms with Gasteiger partial charge in [0.1, 0.15) is 0 Å². The Morgan fingerprint density at radius 1 is 1.33 bits per heavy atom. The van der Waals surface area contributed by atoms with Crippen molar-refractivity contribution in [2.45, 2.75) is 19.3 Å². The minimum absolute atomic E-state index is 0.0311. The van der Waals surface area contributed by atoms with Crippen molar-refractivity contribution in [3.8, 4) is 0 Å². The normalized spacial score (nSPS) is 11.7. The predicted octanol–water partition coefficient (Wildman–Crippen LogP) is 3.16. The molecule has 0 radical (unpaired) electrons. The third kappa shape index (κ3) is 4.12. The Balaban J connectivity index is 2.12. The molecule has 0 aliphatic carbocycles. The number of nitrogens with zero attached hydrogens (tertiary/aromatic N) is 2. The second-order valence-electron chi connectivity index (χ2n) is 4.38. The van der Waals surface area contributed by atoms with Gasteiger partial charge in [-0.05, 0) is 18.2 Å². The zero-order valence-electron chi connectivity index (χ0n) is 10.9. The number of aliphatic hydroxyl groups excluding tert-OH is 1. The molecule has 0 saturated heterocycles. The van der Waals surface area contributed by atoms with E-state index in [4.69, 9.17) is 16.7 Å². The second-order valence-corrected chi connectivity index (χ2v) is 4.81. The molecule has 0 unspecified atom stereocenters. The maximum absolute atomic E-state index is 12.9. The first-order valence-corrected chi connectivity index (χ1v) is 6.51. The molecule has 0 aliphatic rings. The lowest BCUT2D eigenvalue weighted by molar-refractivity contribution is -0.136. The number of nitrogens with one attached hydrogen (secondary N) is 1. The van der Waals surface area contributed by atoms with Crippen molar-refractivity contribution in [3.05, 3.63) is 46.7 Å². The highest BCUT2D eigenvalue weighted by molar-refractivity contribution is 6.30. The van der Waals surface area contributed by atoms with E-state index in [1.54, 1.807) is 6.20 Å². The largest absolute Gasteiger partial charge is 0.418 e. The molecule has 8 heteroatoms. The van der Waals surface area contributed by atoms with Gasteiger partial charge in [0.2, 0.25) is 0 Å². The zero-order valence-corrected chi connectivity index (χ0v) is 11.6. The van der Waals surface area contributed by atoms with Gasteiger partial charge in [0.15, 0.2) is 0 Å². The molecule has 2 N–H and O–H groups in total.